The van der Waals surface area contributed by atoms with Crippen molar-refractivity contribution in [2.75, 3.05) is 34.4 Å². The van der Waals surface area contributed by atoms with Crippen LogP contribution < -0.4 is 19.5 Å². The highest BCUT2D eigenvalue weighted by Gasteiger charge is 2.24. The van der Waals surface area contributed by atoms with Gasteiger partial charge in [0.15, 0.2) is 11.5 Å². The third-order valence-electron chi connectivity index (χ3n) is 5.54. The zero-order chi connectivity index (χ0) is 22.2. The van der Waals surface area contributed by atoms with Crippen molar-refractivity contribution in [1.29, 1.82) is 0 Å². The molecule has 1 aliphatic heterocycles. The number of benzene rings is 2. The maximum absolute atomic E-state index is 12.6. The number of rotatable bonds is 8. The molecule has 0 unspecified atom stereocenters. The van der Waals surface area contributed by atoms with Crippen LogP contribution in [0.25, 0.3) is 0 Å². The molecule has 0 radical (unpaired) electrons. The largest absolute Gasteiger partial charge is 0.497 e. The van der Waals surface area contributed by atoms with Gasteiger partial charge in [-0.05, 0) is 48.2 Å². The fraction of sp³-hybridized carbons (Fsp3) is 0.417. The van der Waals surface area contributed by atoms with E-state index < -0.39 is 0 Å². The highest BCUT2D eigenvalue weighted by molar-refractivity contribution is 5.80. The van der Waals surface area contributed by atoms with Crippen LogP contribution in [0.15, 0.2) is 42.5 Å². The quantitative estimate of drug-likeness (QED) is 0.702. The Labute approximate surface area is 183 Å². The molecule has 0 aliphatic carbocycles. The Morgan fingerprint density at radius 3 is 2.13 bits per heavy atom. The molecule has 7 nitrogen and oxygen atoms in total. The lowest BCUT2D eigenvalue weighted by atomic mass is 10.0. The zero-order valence-corrected chi connectivity index (χ0v) is 18.3. The number of nitrogens with zero attached hydrogens (tertiary/aromatic N) is 1. The lowest BCUT2D eigenvalue weighted by Gasteiger charge is -2.32. The zero-order valence-electron chi connectivity index (χ0n) is 18.3. The lowest BCUT2D eigenvalue weighted by molar-refractivity contribution is -0.131. The van der Waals surface area contributed by atoms with Crippen molar-refractivity contribution in [2.45, 2.75) is 31.7 Å². The number of hydrogen-bond donors (Lipinski definition) is 1. The van der Waals surface area contributed by atoms with Gasteiger partial charge in [0.2, 0.25) is 11.8 Å². The minimum atomic E-state index is -0.0322. The first-order valence-electron chi connectivity index (χ1n) is 10.4. The van der Waals surface area contributed by atoms with Crippen LogP contribution in [0.1, 0.15) is 24.0 Å². The number of methoxy groups -OCH3 is 3. The Bertz CT molecular complexity index is 889. The number of ether oxygens (including phenoxy) is 3. The Morgan fingerprint density at radius 2 is 1.52 bits per heavy atom. The van der Waals surface area contributed by atoms with Gasteiger partial charge in [-0.2, -0.15) is 0 Å². The van der Waals surface area contributed by atoms with Gasteiger partial charge in [0.1, 0.15) is 5.75 Å². The van der Waals surface area contributed by atoms with Gasteiger partial charge in [0, 0.05) is 19.1 Å². The predicted molar refractivity (Wildman–Crippen MR) is 118 cm³/mol. The summed E-state index contributed by atoms with van der Waals surface area (Å²) in [6.45, 7) is 1.30. The third kappa shape index (κ3) is 6.13. The van der Waals surface area contributed by atoms with E-state index in [0.29, 0.717) is 31.0 Å². The maximum Gasteiger partial charge on any atom is 0.226 e. The van der Waals surface area contributed by atoms with Gasteiger partial charge in [-0.3, -0.25) is 9.59 Å². The van der Waals surface area contributed by atoms with Crippen molar-refractivity contribution in [1.82, 2.24) is 10.2 Å². The van der Waals surface area contributed by atoms with Crippen LogP contribution in [0, 0.1) is 0 Å². The predicted octanol–water partition coefficient (Wildman–Crippen LogP) is 2.60. The molecule has 3 rings (SSSR count). The van der Waals surface area contributed by atoms with Gasteiger partial charge in [-0.15, -0.1) is 0 Å². The van der Waals surface area contributed by atoms with E-state index in [-0.39, 0.29) is 24.3 Å². The van der Waals surface area contributed by atoms with Gasteiger partial charge >= 0.3 is 0 Å². The summed E-state index contributed by atoms with van der Waals surface area (Å²) >= 11 is 0. The molecule has 166 valence electrons. The normalized spacial score (nSPS) is 14.1. The maximum atomic E-state index is 12.6. The van der Waals surface area contributed by atoms with E-state index in [1.54, 1.807) is 27.4 Å². The fourth-order valence-corrected chi connectivity index (χ4v) is 3.76. The number of amides is 2. The van der Waals surface area contributed by atoms with Crippen molar-refractivity contribution in [3.05, 3.63) is 53.6 Å². The van der Waals surface area contributed by atoms with Gasteiger partial charge in [-0.25, -0.2) is 0 Å². The molecule has 0 spiro atoms. The molecule has 1 aliphatic rings. The number of carbonyl (C=O) groups excluding carboxylic acids is 2. The molecule has 0 aromatic heterocycles. The van der Waals surface area contributed by atoms with Crippen molar-refractivity contribution < 1.29 is 23.8 Å². The molecule has 1 heterocycles. The third-order valence-corrected chi connectivity index (χ3v) is 5.54. The van der Waals surface area contributed by atoms with Gasteiger partial charge < -0.3 is 24.4 Å². The van der Waals surface area contributed by atoms with E-state index in [9.17, 15) is 9.59 Å². The minimum Gasteiger partial charge on any atom is -0.497 e. The van der Waals surface area contributed by atoms with Gasteiger partial charge in [0.25, 0.3) is 0 Å². The molecule has 2 aromatic carbocycles. The monoisotopic (exact) mass is 426 g/mol. The first kappa shape index (κ1) is 22.5. The fourth-order valence-electron chi connectivity index (χ4n) is 3.76. The van der Waals surface area contributed by atoms with Crippen LogP contribution in [0.5, 0.6) is 17.2 Å². The van der Waals surface area contributed by atoms with Crippen LogP contribution in [-0.2, 0) is 22.4 Å². The first-order chi connectivity index (χ1) is 15.0. The first-order valence-corrected chi connectivity index (χ1v) is 10.4. The summed E-state index contributed by atoms with van der Waals surface area (Å²) in [6, 6.07) is 13.1. The molecule has 0 bridgehead atoms. The van der Waals surface area contributed by atoms with Crippen LogP contribution in [0.3, 0.4) is 0 Å². The number of piperidine rings is 1. The van der Waals surface area contributed by atoms with Crippen LogP contribution >= 0.6 is 0 Å². The molecule has 31 heavy (non-hydrogen) atoms. The summed E-state index contributed by atoms with van der Waals surface area (Å²) in [4.78, 5) is 26.9. The second kappa shape index (κ2) is 10.7. The standard InChI is InChI=1S/C24H30N2O5/c1-29-20-7-4-17(5-8-20)16-24(28)26-12-10-19(11-13-26)25-23(27)15-18-6-9-21(30-2)22(14-18)31-3/h4-9,14,19H,10-13,15-16H2,1-3H3,(H,25,27). The summed E-state index contributed by atoms with van der Waals surface area (Å²) in [6.07, 6.45) is 2.16. The molecule has 1 N–H and O–H groups in total. The minimum absolute atomic E-state index is 0.0322. The van der Waals surface area contributed by atoms with Crippen LogP contribution in [0.2, 0.25) is 0 Å². The molecule has 2 amide bonds. The highest BCUT2D eigenvalue weighted by Crippen LogP contribution is 2.27. The smallest absolute Gasteiger partial charge is 0.226 e. The average Bonchev–Trinajstić information content (AvgIpc) is 2.79. The Kier molecular flexibility index (Phi) is 7.76. The summed E-state index contributed by atoms with van der Waals surface area (Å²) in [5.74, 6) is 2.10. The van der Waals surface area contributed by atoms with Gasteiger partial charge in [0.05, 0.1) is 34.2 Å². The molecule has 2 aromatic rings. The molecular formula is C24H30N2O5. The molecular weight excluding hydrogens is 396 g/mol. The Hall–Kier alpha value is -3.22. The SMILES string of the molecule is COc1ccc(CC(=O)N2CCC(NC(=O)Cc3ccc(OC)c(OC)c3)CC2)cc1. The van der Waals surface area contributed by atoms with Gasteiger partial charge in [-0.1, -0.05) is 18.2 Å². The van der Waals surface area contributed by atoms with Crippen molar-refractivity contribution in [3.8, 4) is 17.2 Å². The van der Waals surface area contributed by atoms with Crippen molar-refractivity contribution in [2.24, 2.45) is 0 Å². The summed E-state index contributed by atoms with van der Waals surface area (Å²) in [5.41, 5.74) is 1.83. The van der Waals surface area contributed by atoms with Crippen LogP contribution in [0.4, 0.5) is 0 Å². The summed E-state index contributed by atoms with van der Waals surface area (Å²) < 4.78 is 15.7. The van der Waals surface area contributed by atoms with E-state index in [0.717, 1.165) is 29.7 Å². The number of hydrogen-bond acceptors (Lipinski definition) is 5. The van der Waals surface area contributed by atoms with E-state index in [1.165, 1.54) is 0 Å². The summed E-state index contributed by atoms with van der Waals surface area (Å²) in [7, 11) is 4.78. The topological polar surface area (TPSA) is 77.1 Å². The van der Waals surface area contributed by atoms with Crippen molar-refractivity contribution >= 4 is 11.8 Å². The number of likely N-dealkylation sites (tertiary alicyclic amines) is 1. The molecule has 7 heteroatoms. The van der Waals surface area contributed by atoms with Crippen molar-refractivity contribution in [3.63, 3.8) is 0 Å². The van der Waals surface area contributed by atoms with E-state index in [4.69, 9.17) is 14.2 Å². The number of nitrogens with one attached hydrogen (secondary N) is 1. The second-order valence-electron chi connectivity index (χ2n) is 7.61. The van der Waals surface area contributed by atoms with Crippen LogP contribution in [-0.4, -0.2) is 57.2 Å². The second-order valence-corrected chi connectivity index (χ2v) is 7.61. The van der Waals surface area contributed by atoms with E-state index in [2.05, 4.69) is 5.32 Å². The molecule has 0 atom stereocenters. The molecule has 0 saturated carbocycles. The average molecular weight is 427 g/mol. The molecule has 1 saturated heterocycles. The summed E-state index contributed by atoms with van der Waals surface area (Å²) in [5, 5.41) is 3.09. The lowest BCUT2D eigenvalue weighted by Crippen LogP contribution is -2.47. The Balaban J connectivity index is 1.45. The van der Waals surface area contributed by atoms with E-state index in [1.807, 2.05) is 41.3 Å². The number of carbonyl (C=O) groups is 2. The highest BCUT2D eigenvalue weighted by atomic mass is 16.5. The Morgan fingerprint density at radius 1 is 0.871 bits per heavy atom. The molecule has 1 fully saturated rings. The van der Waals surface area contributed by atoms with E-state index >= 15 is 0 Å².